The molecule has 0 bridgehead atoms. The first kappa shape index (κ1) is 32.6. The van der Waals surface area contributed by atoms with Gasteiger partial charge in [-0.15, -0.1) is 0 Å². The van der Waals surface area contributed by atoms with E-state index in [1.54, 1.807) is 37.3 Å². The van der Waals surface area contributed by atoms with Crippen LogP contribution in [0.15, 0.2) is 71.6 Å². The molecular formula is C30H28Cl2F2N4O6S. The Kier molecular flexibility index (Phi) is 9.63. The fourth-order valence-electron chi connectivity index (χ4n) is 5.45. The first-order valence-electron chi connectivity index (χ1n) is 13.9. The SMILES string of the molecule is CCN1CC2N(C(=O)C(NC(=O)OCc3ccccc3)CN2S(=O)(=O)c2ccc(Cl)cc2Cl)C(Cc2ccc(F)c(F)c2)C1=O. The van der Waals surface area contributed by atoms with Crippen molar-refractivity contribution in [3.05, 3.63) is 99.5 Å². The highest BCUT2D eigenvalue weighted by Crippen LogP contribution is 2.34. The predicted molar refractivity (Wildman–Crippen MR) is 161 cm³/mol. The van der Waals surface area contributed by atoms with Crippen LogP contribution in [0.2, 0.25) is 10.0 Å². The Bertz CT molecular complexity index is 1730. The molecule has 0 saturated carbocycles. The molecule has 3 aromatic carbocycles. The molecule has 3 atom stereocenters. The predicted octanol–water partition coefficient (Wildman–Crippen LogP) is 4.20. The Morgan fingerprint density at radius 3 is 2.36 bits per heavy atom. The molecule has 15 heteroatoms. The number of rotatable bonds is 8. The number of nitrogens with zero attached hydrogens (tertiary/aromatic N) is 3. The van der Waals surface area contributed by atoms with Crippen molar-refractivity contribution in [1.29, 1.82) is 0 Å². The van der Waals surface area contributed by atoms with Crippen LogP contribution in [0, 0.1) is 11.6 Å². The number of carbonyl (C=O) groups is 3. The van der Waals surface area contributed by atoms with E-state index in [9.17, 15) is 31.6 Å². The number of fused-ring (bicyclic) bond motifs is 1. The zero-order valence-corrected chi connectivity index (χ0v) is 26.2. The zero-order valence-electron chi connectivity index (χ0n) is 23.8. The van der Waals surface area contributed by atoms with Crippen molar-refractivity contribution in [3.63, 3.8) is 0 Å². The van der Waals surface area contributed by atoms with E-state index in [1.165, 1.54) is 29.2 Å². The summed E-state index contributed by atoms with van der Waals surface area (Å²) in [7, 11) is -4.48. The Hall–Kier alpha value is -3.78. The lowest BCUT2D eigenvalue weighted by Crippen LogP contribution is -2.76. The van der Waals surface area contributed by atoms with Gasteiger partial charge in [-0.1, -0.05) is 59.6 Å². The summed E-state index contributed by atoms with van der Waals surface area (Å²) >= 11 is 12.3. The van der Waals surface area contributed by atoms with Gasteiger partial charge in [-0.3, -0.25) is 9.59 Å². The van der Waals surface area contributed by atoms with Gasteiger partial charge >= 0.3 is 6.09 Å². The van der Waals surface area contributed by atoms with Crippen LogP contribution >= 0.6 is 23.2 Å². The number of sulfonamides is 1. The van der Waals surface area contributed by atoms with Crippen molar-refractivity contribution in [2.75, 3.05) is 19.6 Å². The van der Waals surface area contributed by atoms with Crippen molar-refractivity contribution in [2.45, 2.75) is 43.1 Å². The number of carbonyl (C=O) groups excluding carboxylic acids is 3. The van der Waals surface area contributed by atoms with Crippen molar-refractivity contribution in [3.8, 4) is 0 Å². The maximum atomic E-state index is 14.2. The van der Waals surface area contributed by atoms with Crippen LogP contribution in [0.3, 0.4) is 0 Å². The second-order valence-electron chi connectivity index (χ2n) is 10.5. The minimum absolute atomic E-state index is 0.120. The third kappa shape index (κ3) is 6.76. The first-order valence-corrected chi connectivity index (χ1v) is 16.1. The monoisotopic (exact) mass is 680 g/mol. The summed E-state index contributed by atoms with van der Waals surface area (Å²) in [5.41, 5.74) is 0.876. The van der Waals surface area contributed by atoms with Gasteiger partial charge < -0.3 is 19.9 Å². The van der Waals surface area contributed by atoms with Gasteiger partial charge in [0.25, 0.3) is 0 Å². The average Bonchev–Trinajstić information content (AvgIpc) is 3.00. The van der Waals surface area contributed by atoms with E-state index in [0.29, 0.717) is 5.56 Å². The molecule has 3 unspecified atom stereocenters. The fraction of sp³-hybridized carbons (Fsp3) is 0.300. The van der Waals surface area contributed by atoms with Crippen LogP contribution in [0.1, 0.15) is 18.1 Å². The van der Waals surface area contributed by atoms with E-state index >= 15 is 0 Å². The van der Waals surface area contributed by atoms with E-state index in [-0.39, 0.29) is 46.6 Å². The van der Waals surface area contributed by atoms with Crippen LogP contribution in [0.4, 0.5) is 13.6 Å². The summed E-state index contributed by atoms with van der Waals surface area (Å²) in [5, 5.41) is 2.47. The van der Waals surface area contributed by atoms with Crippen molar-refractivity contribution < 1.29 is 36.3 Å². The molecule has 2 fully saturated rings. The molecule has 238 valence electrons. The number of benzene rings is 3. The van der Waals surface area contributed by atoms with E-state index in [1.807, 2.05) is 0 Å². The number of amides is 3. The number of piperazine rings is 1. The number of nitrogens with one attached hydrogen (secondary N) is 1. The minimum atomic E-state index is -4.48. The molecule has 0 aliphatic carbocycles. The summed E-state index contributed by atoms with van der Waals surface area (Å²) in [6, 6.07) is 12.9. The van der Waals surface area contributed by atoms with Gasteiger partial charge in [-0.25, -0.2) is 22.0 Å². The van der Waals surface area contributed by atoms with Crippen LogP contribution in [0.5, 0.6) is 0 Å². The number of ether oxygens (including phenoxy) is 1. The zero-order chi connectivity index (χ0) is 32.5. The van der Waals surface area contributed by atoms with E-state index < -0.39 is 64.4 Å². The lowest BCUT2D eigenvalue weighted by molar-refractivity contribution is -0.166. The molecule has 10 nitrogen and oxygen atoms in total. The molecule has 0 spiro atoms. The first-order chi connectivity index (χ1) is 21.4. The summed E-state index contributed by atoms with van der Waals surface area (Å²) in [4.78, 5) is 42.7. The summed E-state index contributed by atoms with van der Waals surface area (Å²) < 4.78 is 62.4. The van der Waals surface area contributed by atoms with Gasteiger partial charge in [0.1, 0.15) is 29.8 Å². The standard InChI is InChI=1S/C30H28Cl2F2N4O6S/c1-2-36-16-27-37(45(42,43)26-11-9-20(31)14-21(26)32)15-24(35-30(41)44-17-18-6-4-3-5-7-18)28(39)38(27)25(29(36)40)13-19-8-10-22(33)23(34)12-19/h3-12,14,24-25,27H,2,13,15-17H2,1H3,(H,35,41). The molecule has 2 aliphatic rings. The molecule has 1 N–H and O–H groups in total. The van der Waals surface area contributed by atoms with Crippen molar-refractivity contribution >= 4 is 51.1 Å². The largest absolute Gasteiger partial charge is 0.445 e. The van der Waals surface area contributed by atoms with Gasteiger partial charge in [-0.2, -0.15) is 4.31 Å². The van der Waals surface area contributed by atoms with Gasteiger partial charge in [0, 0.05) is 24.5 Å². The Morgan fingerprint density at radius 1 is 0.956 bits per heavy atom. The highest BCUT2D eigenvalue weighted by atomic mass is 35.5. The van der Waals surface area contributed by atoms with E-state index in [0.717, 1.165) is 21.3 Å². The normalized spacial score (nSPS) is 20.6. The molecule has 2 saturated heterocycles. The Morgan fingerprint density at radius 2 is 1.69 bits per heavy atom. The van der Waals surface area contributed by atoms with Gasteiger partial charge in [0.2, 0.25) is 21.8 Å². The third-order valence-electron chi connectivity index (χ3n) is 7.67. The Balaban J connectivity index is 1.53. The fourth-order valence-corrected chi connectivity index (χ4v) is 7.78. The number of hydrogen-bond acceptors (Lipinski definition) is 6. The molecule has 3 aromatic rings. The quantitative estimate of drug-likeness (QED) is 0.381. The molecule has 45 heavy (non-hydrogen) atoms. The number of alkyl carbamates (subject to hydrolysis) is 1. The lowest BCUT2D eigenvalue weighted by Gasteiger charge is -2.53. The summed E-state index contributed by atoms with van der Waals surface area (Å²) in [6.07, 6.45) is -2.47. The molecular weight excluding hydrogens is 653 g/mol. The van der Waals surface area contributed by atoms with Crippen molar-refractivity contribution in [1.82, 2.24) is 19.4 Å². The average molecular weight is 682 g/mol. The van der Waals surface area contributed by atoms with Crippen LogP contribution < -0.4 is 5.32 Å². The number of hydrogen-bond donors (Lipinski definition) is 1. The van der Waals surface area contributed by atoms with E-state index in [2.05, 4.69) is 5.32 Å². The highest BCUT2D eigenvalue weighted by Gasteiger charge is 2.54. The van der Waals surface area contributed by atoms with Crippen molar-refractivity contribution in [2.24, 2.45) is 0 Å². The third-order valence-corrected chi connectivity index (χ3v) is 10.2. The molecule has 0 aromatic heterocycles. The van der Waals surface area contributed by atoms with Crippen LogP contribution in [0.25, 0.3) is 0 Å². The molecule has 5 rings (SSSR count). The molecule has 2 heterocycles. The number of likely N-dealkylation sites (N-methyl/N-ethyl adjacent to an activating group) is 1. The van der Waals surface area contributed by atoms with Gasteiger partial charge in [-0.05, 0) is 48.4 Å². The highest BCUT2D eigenvalue weighted by molar-refractivity contribution is 7.89. The summed E-state index contributed by atoms with van der Waals surface area (Å²) in [5.74, 6) is -3.51. The van der Waals surface area contributed by atoms with E-state index in [4.69, 9.17) is 27.9 Å². The number of halogens is 4. The van der Waals surface area contributed by atoms with Crippen LogP contribution in [-0.2, 0) is 37.4 Å². The summed E-state index contributed by atoms with van der Waals surface area (Å²) in [6.45, 7) is 1.05. The molecule has 3 amide bonds. The molecule has 0 radical (unpaired) electrons. The maximum Gasteiger partial charge on any atom is 0.408 e. The van der Waals surface area contributed by atoms with Gasteiger partial charge in [0.05, 0.1) is 11.6 Å². The lowest BCUT2D eigenvalue weighted by atomic mass is 9.97. The Labute approximate surface area is 268 Å². The second-order valence-corrected chi connectivity index (χ2v) is 13.2. The minimum Gasteiger partial charge on any atom is -0.445 e. The second kappa shape index (κ2) is 13.3. The molecule has 2 aliphatic heterocycles. The smallest absolute Gasteiger partial charge is 0.408 e. The van der Waals surface area contributed by atoms with Crippen LogP contribution in [-0.4, -0.2) is 78.3 Å². The van der Waals surface area contributed by atoms with Gasteiger partial charge in [0.15, 0.2) is 11.6 Å². The maximum absolute atomic E-state index is 14.2. The topological polar surface area (TPSA) is 116 Å².